The molecule has 0 aliphatic carbocycles. The number of imidazole rings is 1. The second kappa shape index (κ2) is 7.76. The van der Waals surface area contributed by atoms with Crippen LogP contribution in [0.15, 0.2) is 54.9 Å². The van der Waals surface area contributed by atoms with Crippen LogP contribution in [0.2, 0.25) is 10.0 Å². The molecule has 2 aromatic carbocycles. The number of nitrogens with one attached hydrogen (secondary N) is 2. The van der Waals surface area contributed by atoms with Crippen molar-refractivity contribution in [2.24, 2.45) is 7.05 Å². The SMILES string of the molecule is Cn1ccnc1C(NC(=O)Nc1ccc(Cl)c(Cl)c1)c1ccc(F)cc1. The Hall–Kier alpha value is -2.57. The third kappa shape index (κ3) is 4.15. The van der Waals surface area contributed by atoms with Crippen molar-refractivity contribution >= 4 is 34.9 Å². The summed E-state index contributed by atoms with van der Waals surface area (Å²) in [7, 11) is 1.82. The summed E-state index contributed by atoms with van der Waals surface area (Å²) < 4.78 is 15.0. The molecule has 0 fully saturated rings. The Balaban J connectivity index is 1.83. The van der Waals surface area contributed by atoms with Crippen LogP contribution >= 0.6 is 23.2 Å². The van der Waals surface area contributed by atoms with E-state index in [2.05, 4.69) is 15.6 Å². The maximum atomic E-state index is 13.2. The molecule has 3 aromatic rings. The van der Waals surface area contributed by atoms with E-state index in [0.717, 1.165) is 0 Å². The summed E-state index contributed by atoms with van der Waals surface area (Å²) >= 11 is 11.8. The zero-order valence-electron chi connectivity index (χ0n) is 13.7. The largest absolute Gasteiger partial charge is 0.336 e. The number of carbonyl (C=O) groups excluding carboxylic acids is 1. The number of carbonyl (C=O) groups is 1. The second-order valence-corrected chi connectivity index (χ2v) is 6.42. The summed E-state index contributed by atoms with van der Waals surface area (Å²) in [5, 5.41) is 6.28. The monoisotopic (exact) mass is 392 g/mol. The van der Waals surface area contributed by atoms with Crippen LogP contribution in [0, 0.1) is 5.82 Å². The number of amides is 2. The standard InChI is InChI=1S/C18H15Cl2FN4O/c1-25-9-8-22-17(25)16(11-2-4-12(21)5-3-11)24-18(26)23-13-6-7-14(19)15(20)10-13/h2-10,16H,1H3,(H2,23,24,26). The van der Waals surface area contributed by atoms with Gasteiger partial charge < -0.3 is 15.2 Å². The van der Waals surface area contributed by atoms with Crippen molar-refractivity contribution in [2.75, 3.05) is 5.32 Å². The lowest BCUT2D eigenvalue weighted by Crippen LogP contribution is -2.34. The van der Waals surface area contributed by atoms with E-state index in [4.69, 9.17) is 23.2 Å². The molecule has 0 saturated heterocycles. The van der Waals surface area contributed by atoms with E-state index in [9.17, 15) is 9.18 Å². The number of aryl methyl sites for hydroxylation is 1. The predicted octanol–water partition coefficient (Wildman–Crippen LogP) is 4.78. The molecule has 134 valence electrons. The number of anilines is 1. The van der Waals surface area contributed by atoms with Crippen molar-refractivity contribution in [2.45, 2.75) is 6.04 Å². The molecule has 0 aliphatic heterocycles. The van der Waals surface area contributed by atoms with Crippen LogP contribution in [0.5, 0.6) is 0 Å². The van der Waals surface area contributed by atoms with Crippen LogP contribution in [0.4, 0.5) is 14.9 Å². The van der Waals surface area contributed by atoms with Crippen molar-refractivity contribution in [1.82, 2.24) is 14.9 Å². The Morgan fingerprint density at radius 2 is 1.88 bits per heavy atom. The Kier molecular flexibility index (Phi) is 5.44. The topological polar surface area (TPSA) is 59.0 Å². The minimum atomic E-state index is -0.557. The van der Waals surface area contributed by atoms with Gasteiger partial charge >= 0.3 is 6.03 Å². The zero-order chi connectivity index (χ0) is 18.7. The van der Waals surface area contributed by atoms with Crippen LogP contribution in [0.1, 0.15) is 17.4 Å². The van der Waals surface area contributed by atoms with Gasteiger partial charge in [-0.2, -0.15) is 0 Å². The molecule has 1 heterocycles. The van der Waals surface area contributed by atoms with Crippen LogP contribution in [-0.2, 0) is 7.05 Å². The van der Waals surface area contributed by atoms with E-state index in [-0.39, 0.29) is 5.82 Å². The summed E-state index contributed by atoms with van der Waals surface area (Å²) in [6.45, 7) is 0. The lowest BCUT2D eigenvalue weighted by atomic mass is 10.1. The first-order chi connectivity index (χ1) is 12.4. The van der Waals surface area contributed by atoms with Crippen molar-refractivity contribution in [3.05, 3.63) is 82.1 Å². The Bertz CT molecular complexity index is 927. The van der Waals surface area contributed by atoms with Crippen LogP contribution < -0.4 is 10.6 Å². The highest BCUT2D eigenvalue weighted by Crippen LogP contribution is 2.25. The van der Waals surface area contributed by atoms with E-state index in [1.165, 1.54) is 12.1 Å². The van der Waals surface area contributed by atoms with Gasteiger partial charge in [-0.25, -0.2) is 14.2 Å². The highest BCUT2D eigenvalue weighted by molar-refractivity contribution is 6.42. The number of halogens is 3. The smallest absolute Gasteiger partial charge is 0.320 e. The van der Waals surface area contributed by atoms with Crippen molar-refractivity contribution in [1.29, 1.82) is 0 Å². The molecule has 2 amide bonds. The molecule has 0 bridgehead atoms. The molecular formula is C18H15Cl2FN4O. The number of benzene rings is 2. The highest BCUT2D eigenvalue weighted by Gasteiger charge is 2.21. The molecule has 26 heavy (non-hydrogen) atoms. The van der Waals surface area contributed by atoms with E-state index >= 15 is 0 Å². The first-order valence-electron chi connectivity index (χ1n) is 7.69. The quantitative estimate of drug-likeness (QED) is 0.671. The van der Waals surface area contributed by atoms with Crippen LogP contribution in [-0.4, -0.2) is 15.6 Å². The van der Waals surface area contributed by atoms with Gasteiger partial charge in [0.1, 0.15) is 17.7 Å². The minimum Gasteiger partial charge on any atom is -0.336 e. The zero-order valence-corrected chi connectivity index (χ0v) is 15.2. The third-order valence-corrected chi connectivity index (χ3v) is 4.51. The molecule has 0 saturated carbocycles. The average molecular weight is 393 g/mol. The molecule has 1 atom stereocenters. The highest BCUT2D eigenvalue weighted by atomic mass is 35.5. The number of hydrogen-bond acceptors (Lipinski definition) is 2. The molecule has 0 aliphatic rings. The number of nitrogens with zero attached hydrogens (tertiary/aromatic N) is 2. The fraction of sp³-hybridized carbons (Fsp3) is 0.111. The molecule has 1 unspecified atom stereocenters. The lowest BCUT2D eigenvalue weighted by Gasteiger charge is -2.19. The van der Waals surface area contributed by atoms with Gasteiger partial charge in [0.25, 0.3) is 0 Å². The van der Waals surface area contributed by atoms with Gasteiger partial charge in [-0.1, -0.05) is 35.3 Å². The first kappa shape index (κ1) is 18.2. The van der Waals surface area contributed by atoms with Crippen molar-refractivity contribution in [3.63, 3.8) is 0 Å². The molecule has 1 aromatic heterocycles. The maximum absolute atomic E-state index is 13.2. The van der Waals surface area contributed by atoms with Gasteiger partial charge in [0, 0.05) is 25.1 Å². The fourth-order valence-electron chi connectivity index (χ4n) is 2.48. The van der Waals surface area contributed by atoms with Gasteiger partial charge in [0.15, 0.2) is 0 Å². The predicted molar refractivity (Wildman–Crippen MR) is 100 cm³/mol. The van der Waals surface area contributed by atoms with Crippen molar-refractivity contribution in [3.8, 4) is 0 Å². The molecule has 5 nitrogen and oxygen atoms in total. The summed E-state index contributed by atoms with van der Waals surface area (Å²) in [6.07, 6.45) is 3.40. The Labute approximate surface area is 159 Å². The second-order valence-electron chi connectivity index (χ2n) is 5.61. The first-order valence-corrected chi connectivity index (χ1v) is 8.45. The Morgan fingerprint density at radius 1 is 1.15 bits per heavy atom. The molecule has 2 N–H and O–H groups in total. The van der Waals surface area contributed by atoms with Gasteiger partial charge in [-0.3, -0.25) is 0 Å². The molecule has 3 rings (SSSR count). The normalized spacial score (nSPS) is 11.8. The van der Waals surface area contributed by atoms with Crippen molar-refractivity contribution < 1.29 is 9.18 Å². The van der Waals surface area contributed by atoms with E-state index in [0.29, 0.717) is 27.1 Å². The maximum Gasteiger partial charge on any atom is 0.320 e. The summed E-state index contributed by atoms with van der Waals surface area (Å²) in [4.78, 5) is 16.7. The fourth-order valence-corrected chi connectivity index (χ4v) is 2.78. The lowest BCUT2D eigenvalue weighted by molar-refractivity contribution is 0.249. The summed E-state index contributed by atoms with van der Waals surface area (Å²) in [6, 6.07) is 9.66. The van der Waals surface area contributed by atoms with Gasteiger partial charge in [-0.05, 0) is 35.9 Å². The minimum absolute atomic E-state index is 0.337. The Morgan fingerprint density at radius 3 is 2.50 bits per heavy atom. The average Bonchev–Trinajstić information content (AvgIpc) is 3.03. The van der Waals surface area contributed by atoms with Gasteiger partial charge in [0.2, 0.25) is 0 Å². The van der Waals surface area contributed by atoms with E-state index in [1.54, 1.807) is 47.3 Å². The molecule has 0 radical (unpaired) electrons. The van der Waals surface area contributed by atoms with E-state index < -0.39 is 12.1 Å². The number of rotatable bonds is 4. The number of aromatic nitrogens is 2. The van der Waals surface area contributed by atoms with E-state index in [1.807, 2.05) is 7.05 Å². The van der Waals surface area contributed by atoms with Gasteiger partial charge in [0.05, 0.1) is 10.0 Å². The van der Waals surface area contributed by atoms with Crippen LogP contribution in [0.3, 0.4) is 0 Å². The molecule has 0 spiro atoms. The molecule has 8 heteroatoms. The number of urea groups is 1. The molecular weight excluding hydrogens is 378 g/mol. The number of hydrogen-bond donors (Lipinski definition) is 2. The third-order valence-electron chi connectivity index (χ3n) is 3.77. The summed E-state index contributed by atoms with van der Waals surface area (Å²) in [5.41, 5.74) is 1.19. The summed E-state index contributed by atoms with van der Waals surface area (Å²) in [5.74, 6) is 0.258. The van der Waals surface area contributed by atoms with Gasteiger partial charge in [-0.15, -0.1) is 0 Å². The van der Waals surface area contributed by atoms with Crippen LogP contribution in [0.25, 0.3) is 0 Å².